The van der Waals surface area contributed by atoms with Crippen molar-refractivity contribution in [3.63, 3.8) is 0 Å². The van der Waals surface area contributed by atoms with Gasteiger partial charge in [0.25, 0.3) is 0 Å². The van der Waals surface area contributed by atoms with E-state index >= 15 is 0 Å². The van der Waals surface area contributed by atoms with Crippen LogP contribution in [0.2, 0.25) is 0 Å². The molecule has 0 unspecified atom stereocenters. The van der Waals surface area contributed by atoms with Crippen LogP contribution >= 0.6 is 0 Å². The van der Waals surface area contributed by atoms with E-state index in [4.69, 9.17) is 0 Å². The molecule has 7 aromatic carbocycles. The van der Waals surface area contributed by atoms with Crippen molar-refractivity contribution in [3.05, 3.63) is 185 Å². The van der Waals surface area contributed by atoms with Crippen molar-refractivity contribution in [2.75, 3.05) is 0 Å². The maximum Gasteiger partial charge on any atom is -0.172 e. The van der Waals surface area contributed by atoms with Crippen LogP contribution in [0.5, 0.6) is 0 Å². The molecule has 7 aromatic rings. The van der Waals surface area contributed by atoms with E-state index in [0.717, 1.165) is 19.3 Å². The molecule has 1 heteroatoms. The zero-order chi connectivity index (χ0) is 35.3. The largest absolute Gasteiger partial charge is 0.214 e. The van der Waals surface area contributed by atoms with Crippen molar-refractivity contribution >= 4 is 24.8 Å². The monoisotopic (exact) mass is 726 g/mol. The van der Waals surface area contributed by atoms with Crippen LogP contribution in [0.1, 0.15) is 74.9 Å². The molecule has 0 spiro atoms. The van der Waals surface area contributed by atoms with Crippen molar-refractivity contribution in [3.8, 4) is 11.1 Å². The molecule has 0 radical (unpaired) electrons. The molecule has 1 aliphatic carbocycles. The molecule has 0 fully saturated rings. The molecule has 0 saturated carbocycles. The Hall–Kier alpha value is -4.06. The maximum absolute atomic E-state index is 3.67. The van der Waals surface area contributed by atoms with Crippen LogP contribution in [-0.4, -0.2) is 3.21 Å². The van der Waals surface area contributed by atoms with Gasteiger partial charge in [-0.05, 0) is 28.4 Å². The molecule has 1 aliphatic rings. The second-order valence-electron chi connectivity index (χ2n) is 15.5. The summed E-state index contributed by atoms with van der Waals surface area (Å²) in [6.45, 7) is 13.6. The first-order valence-corrected chi connectivity index (χ1v) is 19.1. The molecular formula is C49H48Zr. The molecule has 0 nitrogen and oxygen atoms in total. The Labute approximate surface area is 314 Å². The molecule has 8 rings (SSSR count). The molecule has 0 heterocycles. The second kappa shape index (κ2) is 15.5. The van der Waals surface area contributed by atoms with E-state index in [1.807, 2.05) is 30.3 Å². The Kier molecular flexibility index (Phi) is 11.1. The van der Waals surface area contributed by atoms with Crippen LogP contribution in [0.15, 0.2) is 146 Å². The van der Waals surface area contributed by atoms with Gasteiger partial charge < -0.3 is 0 Å². The Morgan fingerprint density at radius 2 is 1.14 bits per heavy atom. The SMILES string of the molecule is CC(C)(C)c1[c-]c2c(cc1)-c1ccc(C(C)(C)C)cc1C2.[Zr+2]=[C](Cc1cccc2ccccc12)Cc1cccc2ccccc12.c1cc[cH-]c1. The van der Waals surface area contributed by atoms with E-state index in [1.165, 1.54) is 90.3 Å². The molecule has 50 heavy (non-hydrogen) atoms. The van der Waals surface area contributed by atoms with Crippen LogP contribution in [0, 0.1) is 6.07 Å². The van der Waals surface area contributed by atoms with Crippen molar-refractivity contribution < 1.29 is 24.2 Å². The fourth-order valence-electron chi connectivity index (χ4n) is 6.76. The quantitative estimate of drug-likeness (QED) is 0.158. The van der Waals surface area contributed by atoms with E-state index in [-0.39, 0.29) is 10.8 Å². The summed E-state index contributed by atoms with van der Waals surface area (Å²) in [6, 6.07) is 55.9. The summed E-state index contributed by atoms with van der Waals surface area (Å²) in [5.41, 5.74) is 11.6. The molecular weight excluding hydrogens is 680 g/mol. The summed E-state index contributed by atoms with van der Waals surface area (Å²) in [7, 11) is 0. The van der Waals surface area contributed by atoms with E-state index in [2.05, 4.69) is 163 Å². The average molecular weight is 728 g/mol. The summed E-state index contributed by atoms with van der Waals surface area (Å²) in [5.74, 6) is 0. The normalized spacial score (nSPS) is 12.0. The molecule has 0 N–H and O–H groups in total. The van der Waals surface area contributed by atoms with Gasteiger partial charge in [-0.15, -0.1) is 11.1 Å². The minimum atomic E-state index is 0.167. The third-order valence-corrected chi connectivity index (χ3v) is 10.5. The second-order valence-corrected chi connectivity index (χ2v) is 17.2. The van der Waals surface area contributed by atoms with E-state index in [0.29, 0.717) is 0 Å². The Bertz CT molecular complexity index is 2040. The van der Waals surface area contributed by atoms with Gasteiger partial charge in [0, 0.05) is 0 Å². The fourth-order valence-corrected chi connectivity index (χ4v) is 7.70. The first-order chi connectivity index (χ1) is 24.0. The topological polar surface area (TPSA) is 0 Å². The number of rotatable bonds is 4. The average Bonchev–Trinajstić information content (AvgIpc) is 3.80. The van der Waals surface area contributed by atoms with Crippen LogP contribution in [0.4, 0.5) is 0 Å². The number of fused-ring (bicyclic) bond motifs is 5. The minimum Gasteiger partial charge on any atom is -0.214 e. The first kappa shape index (κ1) is 35.8. The van der Waals surface area contributed by atoms with Crippen molar-refractivity contribution in [1.29, 1.82) is 0 Å². The predicted octanol–water partition coefficient (Wildman–Crippen LogP) is 12.6. The molecule has 0 saturated heterocycles. The minimum absolute atomic E-state index is 0.167. The van der Waals surface area contributed by atoms with Gasteiger partial charge in [0.05, 0.1) is 0 Å². The molecule has 0 aliphatic heterocycles. The Morgan fingerprint density at radius 1 is 0.600 bits per heavy atom. The number of hydrogen-bond acceptors (Lipinski definition) is 0. The smallest absolute Gasteiger partial charge is 0.172 e. The van der Waals surface area contributed by atoms with Crippen molar-refractivity contribution in [2.45, 2.75) is 71.6 Å². The van der Waals surface area contributed by atoms with Crippen molar-refractivity contribution in [2.24, 2.45) is 0 Å². The maximum atomic E-state index is 3.67. The molecule has 0 bridgehead atoms. The fraction of sp³-hybridized carbons (Fsp3) is 0.224. The van der Waals surface area contributed by atoms with Gasteiger partial charge >= 0.3 is 158 Å². The Morgan fingerprint density at radius 3 is 1.66 bits per heavy atom. The van der Waals surface area contributed by atoms with Gasteiger partial charge in [0.2, 0.25) is 0 Å². The number of hydrogen-bond donors (Lipinski definition) is 0. The van der Waals surface area contributed by atoms with Crippen LogP contribution in [-0.2, 0) is 54.3 Å². The molecule has 248 valence electrons. The van der Waals surface area contributed by atoms with Gasteiger partial charge in [-0.3, -0.25) is 0 Å². The van der Waals surface area contributed by atoms with Crippen LogP contribution in [0.3, 0.4) is 0 Å². The summed E-state index contributed by atoms with van der Waals surface area (Å²) in [5, 5.41) is 5.45. The first-order valence-electron chi connectivity index (χ1n) is 17.8. The zero-order valence-corrected chi connectivity index (χ0v) is 32.9. The number of benzene rings is 6. The summed E-state index contributed by atoms with van der Waals surface area (Å²) < 4.78 is 1.59. The van der Waals surface area contributed by atoms with Gasteiger partial charge in [-0.25, -0.2) is 12.1 Å². The van der Waals surface area contributed by atoms with Crippen molar-refractivity contribution in [1.82, 2.24) is 0 Å². The van der Waals surface area contributed by atoms with Crippen LogP contribution < -0.4 is 0 Å². The Balaban J connectivity index is 0.000000153. The van der Waals surface area contributed by atoms with E-state index < -0.39 is 0 Å². The van der Waals surface area contributed by atoms with Gasteiger partial charge in [0.15, 0.2) is 0 Å². The van der Waals surface area contributed by atoms with E-state index in [1.54, 1.807) is 3.21 Å². The molecule has 0 aromatic heterocycles. The molecule has 0 atom stereocenters. The summed E-state index contributed by atoms with van der Waals surface area (Å²) in [4.78, 5) is 0. The summed E-state index contributed by atoms with van der Waals surface area (Å²) >= 11 is 1.53. The molecule has 0 amide bonds. The van der Waals surface area contributed by atoms with Gasteiger partial charge in [-0.1, -0.05) is 65.3 Å². The zero-order valence-electron chi connectivity index (χ0n) is 30.5. The summed E-state index contributed by atoms with van der Waals surface area (Å²) in [6.07, 6.45) is 3.17. The van der Waals surface area contributed by atoms with Crippen LogP contribution in [0.25, 0.3) is 32.7 Å². The van der Waals surface area contributed by atoms with Gasteiger partial charge in [0.1, 0.15) is 0 Å². The predicted molar refractivity (Wildman–Crippen MR) is 213 cm³/mol. The van der Waals surface area contributed by atoms with Gasteiger partial charge in [-0.2, -0.15) is 42.0 Å². The standard InChI is InChI=1S/C23H18.C21H25.C5H5.Zr/c1-3-16-22-18(8-1)10-5-12-20(22)14-7-15-21-13-6-11-19-9-2-4-17-23(19)21;1-20(2,3)16-7-9-18-14(12-16)11-15-13-17(21(4,5)6)8-10-19(15)18;1-2-4-5-3-1;/h1-6,8-13,16-17H,14-15H2;7-10,12H,11H2,1-6H3;1-5H;/q;2*-1;+2. The van der Waals surface area contributed by atoms with E-state index in [9.17, 15) is 0 Å². The third kappa shape index (κ3) is 8.62. The third-order valence-electron chi connectivity index (χ3n) is 9.59.